The molecule has 0 saturated heterocycles. The highest BCUT2D eigenvalue weighted by Gasteiger charge is 2.31. The molecule has 11 heteroatoms. The Bertz CT molecular complexity index is 1170. The second kappa shape index (κ2) is 9.47. The molecule has 33 heavy (non-hydrogen) atoms. The molecule has 1 aliphatic rings. The van der Waals surface area contributed by atoms with Crippen LogP contribution in [-0.2, 0) is 20.9 Å². The number of benzene rings is 2. The number of amides is 1. The molecule has 3 N–H and O–H groups in total. The van der Waals surface area contributed by atoms with E-state index < -0.39 is 12.1 Å². The van der Waals surface area contributed by atoms with Gasteiger partial charge in [-0.05, 0) is 43.3 Å². The lowest BCUT2D eigenvalue weighted by atomic mass is 10.2. The van der Waals surface area contributed by atoms with E-state index in [0.29, 0.717) is 17.1 Å². The summed E-state index contributed by atoms with van der Waals surface area (Å²) in [6, 6.07) is 12.7. The van der Waals surface area contributed by atoms with Crippen LogP contribution in [-0.4, -0.2) is 39.5 Å². The maximum absolute atomic E-state index is 13.1. The predicted octanol–water partition coefficient (Wildman–Crippen LogP) is 2.58. The largest absolute Gasteiger partial charge is 0.479 e. The second-order valence-corrected chi connectivity index (χ2v) is 7.19. The number of esters is 1. The summed E-state index contributed by atoms with van der Waals surface area (Å²) in [7, 11) is 0. The van der Waals surface area contributed by atoms with Crippen molar-refractivity contribution in [2.24, 2.45) is 0 Å². The number of nitrogens with one attached hydrogen (secondary N) is 1. The number of ether oxygens (including phenoxy) is 2. The normalized spacial score (nSPS) is 14.9. The molecule has 4 rings (SSSR count). The van der Waals surface area contributed by atoms with Crippen LogP contribution in [0.25, 0.3) is 0 Å². The summed E-state index contributed by atoms with van der Waals surface area (Å²) in [5, 5.41) is 2.88. The minimum atomic E-state index is -0.642. The zero-order valence-corrected chi connectivity index (χ0v) is 17.7. The minimum Gasteiger partial charge on any atom is -0.479 e. The van der Waals surface area contributed by atoms with Crippen molar-refractivity contribution in [1.82, 2.24) is 15.0 Å². The van der Waals surface area contributed by atoms with Crippen molar-refractivity contribution in [2.75, 3.05) is 22.5 Å². The predicted molar refractivity (Wildman–Crippen MR) is 117 cm³/mol. The molecule has 0 spiro atoms. The van der Waals surface area contributed by atoms with Crippen molar-refractivity contribution >= 4 is 35.1 Å². The average molecular weight is 452 g/mol. The Labute approximate surface area is 188 Å². The zero-order chi connectivity index (χ0) is 23.4. The number of hydrogen-bond acceptors (Lipinski definition) is 9. The van der Waals surface area contributed by atoms with Gasteiger partial charge >= 0.3 is 5.97 Å². The molecule has 2 heterocycles. The van der Waals surface area contributed by atoms with Crippen LogP contribution in [0.15, 0.2) is 48.5 Å². The lowest BCUT2D eigenvalue weighted by molar-refractivity contribution is -0.145. The number of anilines is 4. The number of halogens is 1. The average Bonchev–Trinajstić information content (AvgIpc) is 2.79. The fourth-order valence-corrected chi connectivity index (χ4v) is 3.23. The lowest BCUT2D eigenvalue weighted by Gasteiger charge is -2.32. The van der Waals surface area contributed by atoms with Crippen molar-refractivity contribution in [1.29, 1.82) is 0 Å². The number of para-hydroxylation sites is 2. The van der Waals surface area contributed by atoms with Crippen LogP contribution in [0.3, 0.4) is 0 Å². The molecule has 170 valence electrons. The molecular formula is C22H21FN6O4. The van der Waals surface area contributed by atoms with Crippen molar-refractivity contribution in [2.45, 2.75) is 26.1 Å². The highest BCUT2D eigenvalue weighted by atomic mass is 19.1. The van der Waals surface area contributed by atoms with Gasteiger partial charge in [0.15, 0.2) is 18.5 Å². The standard InChI is InChI=1S/C22H21FN6O4/c1-13-20(31)29(16-4-2-3-5-17(16)33-13)11-10-19(30)32-12-18-26-21(24)28-22(27-18)25-15-8-6-14(23)7-9-15/h2-9,13H,10-12H2,1H3,(H3,24,25,26,27,28). The third kappa shape index (κ3) is 5.32. The second-order valence-electron chi connectivity index (χ2n) is 7.19. The number of carbonyl (C=O) groups is 2. The molecule has 0 fully saturated rings. The molecule has 3 aromatic rings. The van der Waals surface area contributed by atoms with Crippen molar-refractivity contribution in [3.63, 3.8) is 0 Å². The van der Waals surface area contributed by atoms with E-state index in [1.54, 1.807) is 25.1 Å². The maximum atomic E-state index is 13.1. The highest BCUT2D eigenvalue weighted by Crippen LogP contribution is 2.33. The van der Waals surface area contributed by atoms with Gasteiger partial charge in [-0.1, -0.05) is 12.1 Å². The maximum Gasteiger partial charge on any atom is 0.308 e. The fourth-order valence-electron chi connectivity index (χ4n) is 3.23. The molecule has 0 bridgehead atoms. The first-order chi connectivity index (χ1) is 15.9. The third-order valence-corrected chi connectivity index (χ3v) is 4.77. The highest BCUT2D eigenvalue weighted by molar-refractivity contribution is 6.00. The topological polar surface area (TPSA) is 133 Å². The molecular weight excluding hydrogens is 431 g/mol. The van der Waals surface area contributed by atoms with Crippen molar-refractivity contribution < 1.29 is 23.5 Å². The number of carbonyl (C=O) groups excluding carboxylic acids is 2. The molecule has 0 radical (unpaired) electrons. The van der Waals surface area contributed by atoms with Gasteiger partial charge in [-0.2, -0.15) is 15.0 Å². The Morgan fingerprint density at radius 2 is 1.94 bits per heavy atom. The van der Waals surface area contributed by atoms with Gasteiger partial charge in [0.1, 0.15) is 11.6 Å². The van der Waals surface area contributed by atoms with Crippen LogP contribution >= 0.6 is 0 Å². The first-order valence-corrected chi connectivity index (χ1v) is 10.1. The molecule has 10 nitrogen and oxygen atoms in total. The summed E-state index contributed by atoms with van der Waals surface area (Å²) >= 11 is 0. The van der Waals surface area contributed by atoms with Gasteiger partial charge in [-0.3, -0.25) is 9.59 Å². The van der Waals surface area contributed by atoms with Crippen LogP contribution in [0.5, 0.6) is 5.75 Å². The molecule has 0 aliphatic carbocycles. The summed E-state index contributed by atoms with van der Waals surface area (Å²) in [5.74, 6) is -0.355. The quantitative estimate of drug-likeness (QED) is 0.519. The van der Waals surface area contributed by atoms with Crippen molar-refractivity contribution in [3.05, 3.63) is 60.2 Å². The summed E-state index contributed by atoms with van der Waals surface area (Å²) in [5.41, 5.74) is 6.87. The molecule has 0 saturated carbocycles. The lowest BCUT2D eigenvalue weighted by Crippen LogP contribution is -2.45. The summed E-state index contributed by atoms with van der Waals surface area (Å²) in [6.45, 7) is 1.57. The van der Waals surface area contributed by atoms with E-state index in [2.05, 4.69) is 20.3 Å². The molecule has 1 atom stereocenters. The van der Waals surface area contributed by atoms with Gasteiger partial charge in [-0.25, -0.2) is 4.39 Å². The van der Waals surface area contributed by atoms with E-state index in [0.717, 1.165) is 0 Å². The van der Waals surface area contributed by atoms with Gasteiger partial charge < -0.3 is 25.4 Å². The SMILES string of the molecule is CC1Oc2ccccc2N(CCC(=O)OCc2nc(N)nc(Nc3ccc(F)cc3)n2)C1=O. The Hall–Kier alpha value is -4.28. The number of nitrogens with two attached hydrogens (primary N) is 1. The van der Waals surface area contributed by atoms with Gasteiger partial charge in [0.25, 0.3) is 5.91 Å². The van der Waals surface area contributed by atoms with Gasteiger partial charge in [0.2, 0.25) is 11.9 Å². The van der Waals surface area contributed by atoms with E-state index in [1.807, 2.05) is 6.07 Å². The number of aromatic nitrogens is 3. The minimum absolute atomic E-state index is 0.0337. The van der Waals surface area contributed by atoms with Crippen LogP contribution in [0, 0.1) is 5.82 Å². The smallest absolute Gasteiger partial charge is 0.308 e. The number of fused-ring (bicyclic) bond motifs is 1. The van der Waals surface area contributed by atoms with Gasteiger partial charge in [0.05, 0.1) is 12.1 Å². The first-order valence-electron chi connectivity index (χ1n) is 10.1. The molecule has 1 unspecified atom stereocenters. The zero-order valence-electron chi connectivity index (χ0n) is 17.7. The number of hydrogen-bond donors (Lipinski definition) is 2. The number of nitrogens with zero attached hydrogens (tertiary/aromatic N) is 4. The van der Waals surface area contributed by atoms with Crippen molar-refractivity contribution in [3.8, 4) is 5.75 Å². The van der Waals surface area contributed by atoms with E-state index in [9.17, 15) is 14.0 Å². The van der Waals surface area contributed by atoms with Crippen LogP contribution in [0.4, 0.5) is 27.7 Å². The van der Waals surface area contributed by atoms with E-state index in [-0.39, 0.29) is 49.0 Å². The van der Waals surface area contributed by atoms with Gasteiger partial charge in [-0.15, -0.1) is 0 Å². The Morgan fingerprint density at radius 3 is 2.73 bits per heavy atom. The summed E-state index contributed by atoms with van der Waals surface area (Å²) < 4.78 is 23.9. The first kappa shape index (κ1) is 21.9. The van der Waals surface area contributed by atoms with Crippen LogP contribution in [0.2, 0.25) is 0 Å². The van der Waals surface area contributed by atoms with E-state index in [4.69, 9.17) is 15.2 Å². The molecule has 1 aliphatic heterocycles. The monoisotopic (exact) mass is 452 g/mol. The Morgan fingerprint density at radius 1 is 1.18 bits per heavy atom. The molecule has 1 amide bonds. The van der Waals surface area contributed by atoms with E-state index in [1.165, 1.54) is 29.2 Å². The fraction of sp³-hybridized carbons (Fsp3) is 0.227. The van der Waals surface area contributed by atoms with Crippen LogP contribution < -0.4 is 20.7 Å². The van der Waals surface area contributed by atoms with Crippen LogP contribution in [0.1, 0.15) is 19.2 Å². The number of rotatable bonds is 7. The third-order valence-electron chi connectivity index (χ3n) is 4.77. The Balaban J connectivity index is 1.35. The van der Waals surface area contributed by atoms with E-state index >= 15 is 0 Å². The number of nitrogen functional groups attached to an aromatic ring is 1. The molecule has 2 aromatic carbocycles. The summed E-state index contributed by atoms with van der Waals surface area (Å²) in [4.78, 5) is 38.4. The summed E-state index contributed by atoms with van der Waals surface area (Å²) in [6.07, 6.45) is -0.676. The van der Waals surface area contributed by atoms with Gasteiger partial charge in [0, 0.05) is 12.2 Å². The Kier molecular flexibility index (Phi) is 6.29. The molecule has 1 aromatic heterocycles.